The fraction of sp³-hybridized carbons (Fsp3) is 0.364. The molecule has 0 spiro atoms. The second-order valence-electron chi connectivity index (χ2n) is 4.28. The first-order valence-electron chi connectivity index (χ1n) is 4.92. The maximum absolute atomic E-state index is 12.5. The van der Waals surface area contributed by atoms with Crippen molar-refractivity contribution >= 4 is 17.2 Å². The molecule has 0 aliphatic carbocycles. The highest BCUT2D eigenvalue weighted by Gasteiger charge is 2.34. The van der Waals surface area contributed by atoms with E-state index >= 15 is 0 Å². The van der Waals surface area contributed by atoms with Crippen molar-refractivity contribution in [2.24, 2.45) is 0 Å². The van der Waals surface area contributed by atoms with Gasteiger partial charge in [0.1, 0.15) is 10.7 Å². The van der Waals surface area contributed by atoms with Crippen LogP contribution in [0, 0.1) is 0 Å². The van der Waals surface area contributed by atoms with Gasteiger partial charge >= 0.3 is 6.18 Å². The van der Waals surface area contributed by atoms with E-state index in [4.69, 9.17) is 17.0 Å². The quantitative estimate of drug-likeness (QED) is 0.725. The highest BCUT2D eigenvalue weighted by atomic mass is 32.1. The Morgan fingerprint density at radius 1 is 1.29 bits per heavy atom. The lowest BCUT2D eigenvalue weighted by Gasteiger charge is -2.35. The van der Waals surface area contributed by atoms with Crippen molar-refractivity contribution in [2.75, 3.05) is 0 Å². The molecular weight excluding hydrogens is 251 g/mol. The van der Waals surface area contributed by atoms with Crippen molar-refractivity contribution < 1.29 is 17.9 Å². The lowest BCUT2D eigenvalue weighted by molar-refractivity contribution is -0.137. The average molecular weight is 261 g/mol. The van der Waals surface area contributed by atoms with Gasteiger partial charge in [-0.3, -0.25) is 0 Å². The number of halogens is 3. The summed E-state index contributed by atoms with van der Waals surface area (Å²) in [5.74, 6) is 0.161. The molecular formula is C11H10F3NOS. The van der Waals surface area contributed by atoms with Crippen molar-refractivity contribution in [1.82, 2.24) is 5.32 Å². The molecule has 17 heavy (non-hydrogen) atoms. The molecule has 1 aromatic carbocycles. The van der Waals surface area contributed by atoms with E-state index in [0.29, 0.717) is 10.6 Å². The van der Waals surface area contributed by atoms with Gasteiger partial charge in [0.2, 0.25) is 0 Å². The number of fused-ring (bicyclic) bond motifs is 1. The van der Waals surface area contributed by atoms with Gasteiger partial charge in [-0.15, -0.1) is 0 Å². The lowest BCUT2D eigenvalue weighted by atomic mass is 10.1. The Morgan fingerprint density at radius 3 is 2.53 bits per heavy atom. The standard InChI is InChI=1S/C11H10F3NOS/c1-10(2)15-9(17)7-4-3-6(11(12,13)14)5-8(7)16-10/h3-5H,1-2H3,(H,15,17). The van der Waals surface area contributed by atoms with Crippen LogP contribution < -0.4 is 10.1 Å². The topological polar surface area (TPSA) is 21.3 Å². The van der Waals surface area contributed by atoms with Crippen LogP contribution in [-0.2, 0) is 6.18 Å². The summed E-state index contributed by atoms with van der Waals surface area (Å²) in [6, 6.07) is 3.29. The zero-order chi connectivity index (χ0) is 12.8. The first-order chi connectivity index (χ1) is 7.69. The molecule has 0 amide bonds. The van der Waals surface area contributed by atoms with E-state index < -0.39 is 17.5 Å². The molecule has 0 radical (unpaired) electrons. The zero-order valence-corrected chi connectivity index (χ0v) is 10.00. The molecule has 0 atom stereocenters. The van der Waals surface area contributed by atoms with Gasteiger partial charge in [0.15, 0.2) is 5.72 Å². The molecule has 92 valence electrons. The van der Waals surface area contributed by atoms with Crippen LogP contribution in [0.15, 0.2) is 18.2 Å². The van der Waals surface area contributed by atoms with Crippen LogP contribution >= 0.6 is 12.2 Å². The molecule has 0 bridgehead atoms. The van der Waals surface area contributed by atoms with Gasteiger partial charge in [0.25, 0.3) is 0 Å². The maximum atomic E-state index is 12.5. The molecule has 0 saturated heterocycles. The number of hydrogen-bond donors (Lipinski definition) is 1. The molecule has 1 aliphatic heterocycles. The number of nitrogens with one attached hydrogen (secondary N) is 1. The molecule has 0 saturated carbocycles. The Labute approximate surface area is 102 Å². The number of thiocarbonyl (C=S) groups is 1. The summed E-state index contributed by atoms with van der Waals surface area (Å²) >= 11 is 5.07. The van der Waals surface area contributed by atoms with Gasteiger partial charge in [-0.2, -0.15) is 13.2 Å². The van der Waals surface area contributed by atoms with Gasteiger partial charge in [-0.1, -0.05) is 12.2 Å². The van der Waals surface area contributed by atoms with Crippen molar-refractivity contribution in [1.29, 1.82) is 0 Å². The van der Waals surface area contributed by atoms with E-state index in [1.54, 1.807) is 13.8 Å². The van der Waals surface area contributed by atoms with E-state index in [-0.39, 0.29) is 5.75 Å². The number of hydrogen-bond acceptors (Lipinski definition) is 2. The fourth-order valence-corrected chi connectivity index (χ4v) is 2.03. The van der Waals surface area contributed by atoms with Crippen LogP contribution in [0.5, 0.6) is 5.75 Å². The highest BCUT2D eigenvalue weighted by molar-refractivity contribution is 7.80. The fourth-order valence-electron chi connectivity index (χ4n) is 1.61. The molecule has 0 unspecified atom stereocenters. The molecule has 6 heteroatoms. The van der Waals surface area contributed by atoms with E-state index in [9.17, 15) is 13.2 Å². The van der Waals surface area contributed by atoms with Gasteiger partial charge in [-0.25, -0.2) is 0 Å². The number of ether oxygens (including phenoxy) is 1. The van der Waals surface area contributed by atoms with E-state index in [1.165, 1.54) is 6.07 Å². The third-order valence-corrected chi connectivity index (χ3v) is 2.66. The van der Waals surface area contributed by atoms with Crippen molar-refractivity contribution in [3.8, 4) is 5.75 Å². The SMILES string of the molecule is CC1(C)NC(=S)c2ccc(C(F)(F)F)cc2O1. The van der Waals surface area contributed by atoms with E-state index in [2.05, 4.69) is 5.32 Å². The molecule has 0 aromatic heterocycles. The van der Waals surface area contributed by atoms with Crippen molar-refractivity contribution in [3.63, 3.8) is 0 Å². The molecule has 1 aromatic rings. The van der Waals surface area contributed by atoms with Crippen LogP contribution in [0.4, 0.5) is 13.2 Å². The summed E-state index contributed by atoms with van der Waals surface area (Å²) in [5, 5.41) is 2.90. The Morgan fingerprint density at radius 2 is 1.94 bits per heavy atom. The second kappa shape index (κ2) is 3.60. The Hall–Kier alpha value is -1.30. The maximum Gasteiger partial charge on any atom is 0.416 e. The summed E-state index contributed by atoms with van der Waals surface area (Å²) < 4.78 is 43.1. The summed E-state index contributed by atoms with van der Waals surface area (Å²) in [4.78, 5) is 0.393. The Kier molecular flexibility index (Phi) is 2.57. The van der Waals surface area contributed by atoms with Gasteiger partial charge in [0, 0.05) is 0 Å². The normalized spacial score (nSPS) is 18.1. The highest BCUT2D eigenvalue weighted by Crippen LogP contribution is 2.35. The summed E-state index contributed by atoms with van der Waals surface area (Å²) in [6.07, 6.45) is -4.38. The monoisotopic (exact) mass is 261 g/mol. The molecule has 1 aliphatic rings. The predicted octanol–water partition coefficient (Wildman–Crippen LogP) is 3.10. The molecule has 2 rings (SSSR count). The minimum Gasteiger partial charge on any atom is -0.468 e. The van der Waals surface area contributed by atoms with Gasteiger partial charge in [0.05, 0.1) is 11.1 Å². The second-order valence-corrected chi connectivity index (χ2v) is 4.68. The first kappa shape index (κ1) is 12.2. The van der Waals surface area contributed by atoms with E-state index in [0.717, 1.165) is 12.1 Å². The summed E-state index contributed by atoms with van der Waals surface area (Å²) in [7, 11) is 0. The molecule has 1 N–H and O–H groups in total. The average Bonchev–Trinajstić information content (AvgIpc) is 2.13. The predicted molar refractivity (Wildman–Crippen MR) is 61.0 cm³/mol. The number of alkyl halides is 3. The summed E-state index contributed by atoms with van der Waals surface area (Å²) in [6.45, 7) is 3.39. The minimum absolute atomic E-state index is 0.161. The first-order valence-corrected chi connectivity index (χ1v) is 5.33. The zero-order valence-electron chi connectivity index (χ0n) is 9.18. The third kappa shape index (κ3) is 2.36. The van der Waals surface area contributed by atoms with Crippen LogP contribution in [0.2, 0.25) is 0 Å². The van der Waals surface area contributed by atoms with Crippen LogP contribution in [0.25, 0.3) is 0 Å². The van der Waals surface area contributed by atoms with Crippen LogP contribution in [0.1, 0.15) is 25.0 Å². The number of rotatable bonds is 0. The van der Waals surface area contributed by atoms with Crippen molar-refractivity contribution in [2.45, 2.75) is 25.7 Å². The van der Waals surface area contributed by atoms with Gasteiger partial charge in [-0.05, 0) is 32.0 Å². The van der Waals surface area contributed by atoms with Gasteiger partial charge < -0.3 is 10.1 Å². The lowest BCUT2D eigenvalue weighted by Crippen LogP contribution is -2.51. The van der Waals surface area contributed by atoms with Crippen molar-refractivity contribution in [3.05, 3.63) is 29.3 Å². The third-order valence-electron chi connectivity index (χ3n) is 2.33. The van der Waals surface area contributed by atoms with E-state index in [1.807, 2.05) is 0 Å². The Balaban J connectivity index is 2.49. The molecule has 1 heterocycles. The smallest absolute Gasteiger partial charge is 0.416 e. The molecule has 2 nitrogen and oxygen atoms in total. The van der Waals surface area contributed by atoms with Crippen LogP contribution in [0.3, 0.4) is 0 Å². The number of benzene rings is 1. The Bertz CT molecular complexity index is 482. The summed E-state index contributed by atoms with van der Waals surface area (Å²) in [5.41, 5.74) is -1.06. The largest absolute Gasteiger partial charge is 0.468 e. The van der Waals surface area contributed by atoms with Crippen LogP contribution in [-0.4, -0.2) is 10.7 Å². The molecule has 0 fully saturated rings. The minimum atomic E-state index is -4.38.